The number of amides is 1. The van der Waals surface area contributed by atoms with Crippen molar-refractivity contribution in [1.29, 1.82) is 0 Å². The van der Waals surface area contributed by atoms with Crippen LogP contribution in [0.1, 0.15) is 44.9 Å². The van der Waals surface area contributed by atoms with E-state index in [0.29, 0.717) is 6.54 Å². The Morgan fingerprint density at radius 1 is 1.39 bits per heavy atom. The fraction of sp³-hybridized carbons (Fsp3) is 0.600. The normalized spacial score (nSPS) is 12.2. The Kier molecular flexibility index (Phi) is 5.83. The van der Waals surface area contributed by atoms with E-state index >= 15 is 0 Å². The summed E-state index contributed by atoms with van der Waals surface area (Å²) in [4.78, 5) is 11.9. The monoisotopic (exact) mass is 249 g/mol. The molecule has 0 aromatic carbocycles. The van der Waals surface area contributed by atoms with E-state index in [9.17, 15) is 4.79 Å². The molecule has 3 heteroatoms. The standard InChI is InChI=1S/C15H24N2O/c1-5-7-12(3)16-15(18)11-17-10-14(6-2)9-8-13(17)4/h8-10,12H,5-7,11H2,1-4H3/p+1/t12-/m1/s1. The average molecular weight is 249 g/mol. The molecule has 18 heavy (non-hydrogen) atoms. The van der Waals surface area contributed by atoms with Crippen molar-refractivity contribution in [3.63, 3.8) is 0 Å². The van der Waals surface area contributed by atoms with E-state index in [1.54, 1.807) is 0 Å². The van der Waals surface area contributed by atoms with Gasteiger partial charge >= 0.3 is 0 Å². The summed E-state index contributed by atoms with van der Waals surface area (Å²) < 4.78 is 2.02. The summed E-state index contributed by atoms with van der Waals surface area (Å²) in [6, 6.07) is 4.45. The summed E-state index contributed by atoms with van der Waals surface area (Å²) in [6.07, 6.45) is 5.19. The molecule has 0 fully saturated rings. The lowest BCUT2D eigenvalue weighted by Gasteiger charge is -2.11. The molecule has 1 amide bonds. The smallest absolute Gasteiger partial charge is 0.286 e. The van der Waals surface area contributed by atoms with E-state index < -0.39 is 0 Å². The second-order valence-corrected chi connectivity index (χ2v) is 4.92. The molecule has 0 aliphatic carbocycles. The Hall–Kier alpha value is -1.38. The zero-order valence-electron chi connectivity index (χ0n) is 12.0. The molecular formula is C15H25N2O+. The molecule has 0 spiro atoms. The molecule has 0 aliphatic heterocycles. The first-order valence-corrected chi connectivity index (χ1v) is 6.85. The van der Waals surface area contributed by atoms with Gasteiger partial charge in [0, 0.05) is 24.6 Å². The molecule has 0 bridgehead atoms. The second-order valence-electron chi connectivity index (χ2n) is 4.92. The van der Waals surface area contributed by atoms with Gasteiger partial charge in [-0.2, -0.15) is 4.57 Å². The lowest BCUT2D eigenvalue weighted by molar-refractivity contribution is -0.690. The molecule has 0 unspecified atom stereocenters. The van der Waals surface area contributed by atoms with Crippen LogP contribution in [0.2, 0.25) is 0 Å². The van der Waals surface area contributed by atoms with Crippen molar-refractivity contribution in [2.45, 2.75) is 59.5 Å². The third-order valence-electron chi connectivity index (χ3n) is 3.16. The molecule has 0 saturated carbocycles. The number of rotatable bonds is 6. The van der Waals surface area contributed by atoms with Crippen molar-refractivity contribution in [1.82, 2.24) is 5.32 Å². The summed E-state index contributed by atoms with van der Waals surface area (Å²) in [6.45, 7) is 8.75. The van der Waals surface area contributed by atoms with Crippen LogP contribution < -0.4 is 9.88 Å². The Labute approximate surface area is 110 Å². The van der Waals surface area contributed by atoms with Gasteiger partial charge in [-0.3, -0.25) is 4.79 Å². The molecule has 0 aliphatic rings. The first-order chi connectivity index (χ1) is 8.56. The van der Waals surface area contributed by atoms with E-state index in [4.69, 9.17) is 0 Å². The van der Waals surface area contributed by atoms with Crippen LogP contribution in [0.3, 0.4) is 0 Å². The first kappa shape index (κ1) is 14.7. The van der Waals surface area contributed by atoms with Crippen molar-refractivity contribution in [2.24, 2.45) is 0 Å². The van der Waals surface area contributed by atoms with Gasteiger partial charge in [-0.1, -0.05) is 20.3 Å². The van der Waals surface area contributed by atoms with E-state index in [1.807, 2.05) is 11.5 Å². The van der Waals surface area contributed by atoms with Crippen LogP contribution in [-0.4, -0.2) is 11.9 Å². The number of hydrogen-bond acceptors (Lipinski definition) is 1. The molecule has 3 nitrogen and oxygen atoms in total. The van der Waals surface area contributed by atoms with E-state index in [0.717, 1.165) is 25.0 Å². The molecule has 1 atom stereocenters. The maximum atomic E-state index is 11.9. The van der Waals surface area contributed by atoms with Crippen LogP contribution in [0.25, 0.3) is 0 Å². The summed E-state index contributed by atoms with van der Waals surface area (Å²) in [5, 5.41) is 3.03. The van der Waals surface area contributed by atoms with Gasteiger partial charge in [0.1, 0.15) is 0 Å². The van der Waals surface area contributed by atoms with Crippen molar-refractivity contribution >= 4 is 5.91 Å². The fourth-order valence-corrected chi connectivity index (χ4v) is 2.03. The van der Waals surface area contributed by atoms with E-state index in [2.05, 4.69) is 44.4 Å². The maximum Gasteiger partial charge on any atom is 0.286 e. The average Bonchev–Trinajstić information content (AvgIpc) is 2.32. The molecule has 0 radical (unpaired) electrons. The highest BCUT2D eigenvalue weighted by molar-refractivity contribution is 5.74. The number of carbonyl (C=O) groups excluding carboxylic acids is 1. The number of carbonyl (C=O) groups is 1. The van der Waals surface area contributed by atoms with Gasteiger partial charge in [0.25, 0.3) is 5.91 Å². The van der Waals surface area contributed by atoms with Gasteiger partial charge in [0.15, 0.2) is 11.9 Å². The van der Waals surface area contributed by atoms with Gasteiger partial charge in [-0.05, 0) is 25.8 Å². The summed E-state index contributed by atoms with van der Waals surface area (Å²) in [5.74, 6) is 0.0947. The fourth-order valence-electron chi connectivity index (χ4n) is 2.03. The number of nitrogens with zero attached hydrogens (tertiary/aromatic N) is 1. The van der Waals surface area contributed by atoms with Crippen LogP contribution in [0.15, 0.2) is 18.3 Å². The van der Waals surface area contributed by atoms with Crippen molar-refractivity contribution in [2.75, 3.05) is 0 Å². The predicted octanol–water partition coefficient (Wildman–Crippen LogP) is 2.15. The van der Waals surface area contributed by atoms with Gasteiger partial charge in [0.2, 0.25) is 6.54 Å². The van der Waals surface area contributed by atoms with Crippen LogP contribution >= 0.6 is 0 Å². The highest BCUT2D eigenvalue weighted by Crippen LogP contribution is 1.99. The zero-order chi connectivity index (χ0) is 13.5. The summed E-state index contributed by atoms with van der Waals surface area (Å²) in [5.41, 5.74) is 2.38. The molecule has 100 valence electrons. The number of aryl methyl sites for hydroxylation is 2. The quantitative estimate of drug-likeness (QED) is 0.770. The molecular weight excluding hydrogens is 224 g/mol. The minimum absolute atomic E-state index is 0.0947. The maximum absolute atomic E-state index is 11.9. The highest BCUT2D eigenvalue weighted by Gasteiger charge is 2.14. The number of aromatic nitrogens is 1. The van der Waals surface area contributed by atoms with Crippen LogP contribution in [0.5, 0.6) is 0 Å². The van der Waals surface area contributed by atoms with Gasteiger partial charge in [0.05, 0.1) is 0 Å². The van der Waals surface area contributed by atoms with Gasteiger partial charge in [-0.15, -0.1) is 0 Å². The Balaban J connectivity index is 2.63. The second kappa shape index (κ2) is 7.14. The van der Waals surface area contributed by atoms with Crippen molar-refractivity contribution in [3.05, 3.63) is 29.6 Å². The van der Waals surface area contributed by atoms with Crippen LogP contribution in [0.4, 0.5) is 0 Å². The van der Waals surface area contributed by atoms with Crippen molar-refractivity contribution < 1.29 is 9.36 Å². The Bertz CT molecular complexity index is 401. The molecule has 1 N–H and O–H groups in total. The third-order valence-corrected chi connectivity index (χ3v) is 3.16. The van der Waals surface area contributed by atoms with Gasteiger partial charge < -0.3 is 5.32 Å². The predicted molar refractivity (Wildman–Crippen MR) is 73.3 cm³/mol. The molecule has 1 heterocycles. The lowest BCUT2D eigenvalue weighted by Crippen LogP contribution is -2.47. The van der Waals surface area contributed by atoms with Crippen LogP contribution in [0, 0.1) is 6.92 Å². The Morgan fingerprint density at radius 2 is 2.11 bits per heavy atom. The lowest BCUT2D eigenvalue weighted by atomic mass is 10.2. The molecule has 1 aromatic rings. The number of pyridine rings is 1. The SMILES string of the molecule is CCC[C@@H](C)NC(=O)C[n+]1cc(CC)ccc1C. The minimum atomic E-state index is 0.0947. The molecule has 1 rings (SSSR count). The number of nitrogens with one attached hydrogen (secondary N) is 1. The van der Waals surface area contributed by atoms with E-state index in [-0.39, 0.29) is 11.9 Å². The largest absolute Gasteiger partial charge is 0.348 e. The number of hydrogen-bond donors (Lipinski definition) is 1. The minimum Gasteiger partial charge on any atom is -0.348 e. The summed E-state index contributed by atoms with van der Waals surface area (Å²) >= 11 is 0. The zero-order valence-corrected chi connectivity index (χ0v) is 12.0. The molecule has 0 saturated heterocycles. The van der Waals surface area contributed by atoms with Crippen LogP contribution in [-0.2, 0) is 17.8 Å². The Morgan fingerprint density at radius 3 is 2.72 bits per heavy atom. The van der Waals surface area contributed by atoms with Gasteiger partial charge in [-0.25, -0.2) is 0 Å². The van der Waals surface area contributed by atoms with E-state index in [1.165, 1.54) is 5.56 Å². The first-order valence-electron chi connectivity index (χ1n) is 6.85. The topological polar surface area (TPSA) is 33.0 Å². The van der Waals surface area contributed by atoms with Crippen molar-refractivity contribution in [3.8, 4) is 0 Å². The summed E-state index contributed by atoms with van der Waals surface area (Å²) in [7, 11) is 0. The highest BCUT2D eigenvalue weighted by atomic mass is 16.2. The molecule has 1 aromatic heterocycles. The third kappa shape index (κ3) is 4.47.